The SMILES string of the molecule is COc1ccc(CC(=O)NCCSCc2cccs2)cc1OC. The van der Waals surface area contributed by atoms with E-state index in [1.807, 2.05) is 30.0 Å². The number of hydrogen-bond donors (Lipinski definition) is 1. The Morgan fingerprint density at radius 3 is 2.74 bits per heavy atom. The molecule has 0 atom stereocenters. The van der Waals surface area contributed by atoms with Crippen LogP contribution in [0.15, 0.2) is 35.7 Å². The molecule has 124 valence electrons. The lowest BCUT2D eigenvalue weighted by molar-refractivity contribution is -0.120. The van der Waals surface area contributed by atoms with Gasteiger partial charge in [-0.25, -0.2) is 0 Å². The molecule has 0 bridgehead atoms. The van der Waals surface area contributed by atoms with Gasteiger partial charge in [0.15, 0.2) is 11.5 Å². The first-order chi connectivity index (χ1) is 11.2. The normalized spacial score (nSPS) is 10.3. The molecule has 0 saturated carbocycles. The Kier molecular flexibility index (Phi) is 7.29. The summed E-state index contributed by atoms with van der Waals surface area (Å²) < 4.78 is 10.4. The average Bonchev–Trinajstić information content (AvgIpc) is 3.07. The number of carbonyl (C=O) groups is 1. The van der Waals surface area contributed by atoms with Gasteiger partial charge in [-0.05, 0) is 29.1 Å². The van der Waals surface area contributed by atoms with Crippen LogP contribution >= 0.6 is 23.1 Å². The first-order valence-electron chi connectivity index (χ1n) is 7.30. The van der Waals surface area contributed by atoms with Gasteiger partial charge in [-0.1, -0.05) is 12.1 Å². The van der Waals surface area contributed by atoms with Crippen molar-refractivity contribution in [3.8, 4) is 11.5 Å². The molecule has 1 amide bonds. The fourth-order valence-corrected chi connectivity index (χ4v) is 3.77. The first kappa shape index (κ1) is 17.7. The Morgan fingerprint density at radius 1 is 1.22 bits per heavy atom. The third kappa shape index (κ3) is 5.80. The Hall–Kier alpha value is -1.66. The Balaban J connectivity index is 1.70. The number of rotatable bonds is 9. The molecule has 0 radical (unpaired) electrons. The van der Waals surface area contributed by atoms with Gasteiger partial charge in [-0.2, -0.15) is 11.8 Å². The monoisotopic (exact) mass is 351 g/mol. The molecule has 1 aromatic heterocycles. The molecular weight excluding hydrogens is 330 g/mol. The molecule has 0 fully saturated rings. The minimum absolute atomic E-state index is 0.0222. The molecule has 0 spiro atoms. The minimum Gasteiger partial charge on any atom is -0.493 e. The van der Waals surface area contributed by atoms with Crippen molar-refractivity contribution in [3.05, 3.63) is 46.2 Å². The topological polar surface area (TPSA) is 47.6 Å². The summed E-state index contributed by atoms with van der Waals surface area (Å²) in [5, 5.41) is 5.03. The van der Waals surface area contributed by atoms with E-state index >= 15 is 0 Å². The van der Waals surface area contributed by atoms with Crippen LogP contribution in [0.25, 0.3) is 0 Å². The second-order valence-corrected chi connectivity index (χ2v) is 6.99. The van der Waals surface area contributed by atoms with E-state index in [9.17, 15) is 4.79 Å². The summed E-state index contributed by atoms with van der Waals surface area (Å²) in [4.78, 5) is 13.3. The second-order valence-electron chi connectivity index (χ2n) is 4.85. The molecular formula is C17H21NO3S2. The zero-order valence-corrected chi connectivity index (χ0v) is 15.0. The van der Waals surface area contributed by atoms with Gasteiger partial charge >= 0.3 is 0 Å². The van der Waals surface area contributed by atoms with Gasteiger partial charge in [-0.3, -0.25) is 4.79 Å². The third-order valence-corrected chi connectivity index (χ3v) is 5.27. The molecule has 0 aliphatic heterocycles. The molecule has 0 saturated heterocycles. The highest BCUT2D eigenvalue weighted by Gasteiger charge is 2.08. The molecule has 6 heteroatoms. The highest BCUT2D eigenvalue weighted by atomic mass is 32.2. The van der Waals surface area contributed by atoms with Crippen LogP contribution < -0.4 is 14.8 Å². The van der Waals surface area contributed by atoms with Crippen molar-refractivity contribution in [3.63, 3.8) is 0 Å². The summed E-state index contributed by atoms with van der Waals surface area (Å²) in [6, 6.07) is 9.73. The zero-order valence-electron chi connectivity index (χ0n) is 13.3. The molecule has 0 unspecified atom stereocenters. The third-order valence-electron chi connectivity index (χ3n) is 3.21. The molecule has 0 aliphatic carbocycles. The van der Waals surface area contributed by atoms with Crippen LogP contribution in [0, 0.1) is 0 Å². The Morgan fingerprint density at radius 2 is 2.04 bits per heavy atom. The molecule has 2 rings (SSSR count). The predicted octanol–water partition coefficient (Wildman–Crippen LogP) is 3.36. The molecule has 1 N–H and O–H groups in total. The average molecular weight is 351 g/mol. The number of ether oxygens (including phenoxy) is 2. The minimum atomic E-state index is 0.0222. The number of amides is 1. The van der Waals surface area contributed by atoms with Crippen LogP contribution in [0.1, 0.15) is 10.4 Å². The summed E-state index contributed by atoms with van der Waals surface area (Å²) >= 11 is 3.59. The Bertz CT molecular complexity index is 614. The highest BCUT2D eigenvalue weighted by Crippen LogP contribution is 2.27. The van der Waals surface area contributed by atoms with Gasteiger partial charge < -0.3 is 14.8 Å². The van der Waals surface area contributed by atoms with E-state index in [0.717, 1.165) is 17.1 Å². The van der Waals surface area contributed by atoms with Crippen LogP contribution in [-0.4, -0.2) is 32.4 Å². The molecule has 2 aromatic rings. The van der Waals surface area contributed by atoms with Crippen molar-refractivity contribution in [2.75, 3.05) is 26.5 Å². The number of carbonyl (C=O) groups excluding carboxylic acids is 1. The smallest absolute Gasteiger partial charge is 0.224 e. The number of methoxy groups -OCH3 is 2. The number of thioether (sulfide) groups is 1. The van der Waals surface area contributed by atoms with Crippen molar-refractivity contribution < 1.29 is 14.3 Å². The number of hydrogen-bond acceptors (Lipinski definition) is 5. The standard InChI is InChI=1S/C17H21NO3S2/c1-20-15-6-5-13(10-16(15)21-2)11-17(19)18-7-9-22-12-14-4-3-8-23-14/h3-6,8,10H,7,9,11-12H2,1-2H3,(H,18,19). The maximum atomic E-state index is 12.0. The largest absolute Gasteiger partial charge is 0.493 e. The molecule has 4 nitrogen and oxygen atoms in total. The van der Waals surface area contributed by atoms with Gasteiger partial charge in [0, 0.05) is 22.9 Å². The van der Waals surface area contributed by atoms with Gasteiger partial charge in [0.1, 0.15) is 0 Å². The van der Waals surface area contributed by atoms with E-state index in [1.54, 1.807) is 25.6 Å². The van der Waals surface area contributed by atoms with Crippen molar-refractivity contribution >= 4 is 29.0 Å². The van der Waals surface area contributed by atoms with Crippen molar-refractivity contribution in [2.45, 2.75) is 12.2 Å². The van der Waals surface area contributed by atoms with Crippen LogP contribution in [0.4, 0.5) is 0 Å². The van der Waals surface area contributed by atoms with Gasteiger partial charge in [0.05, 0.1) is 20.6 Å². The summed E-state index contributed by atoms with van der Waals surface area (Å²) in [6.07, 6.45) is 0.343. The predicted molar refractivity (Wildman–Crippen MR) is 96.7 cm³/mol. The lowest BCUT2D eigenvalue weighted by Crippen LogP contribution is -2.27. The van der Waals surface area contributed by atoms with Crippen LogP contribution in [0.3, 0.4) is 0 Å². The van der Waals surface area contributed by atoms with E-state index in [0.29, 0.717) is 24.5 Å². The van der Waals surface area contributed by atoms with Gasteiger partial charge in [0.2, 0.25) is 5.91 Å². The molecule has 0 aliphatic rings. The van der Waals surface area contributed by atoms with Gasteiger partial charge in [-0.15, -0.1) is 11.3 Å². The van der Waals surface area contributed by atoms with Crippen LogP contribution in [0.5, 0.6) is 11.5 Å². The summed E-state index contributed by atoms with van der Waals surface area (Å²) in [6.45, 7) is 0.683. The quantitative estimate of drug-likeness (QED) is 0.704. The number of nitrogens with one attached hydrogen (secondary N) is 1. The van der Waals surface area contributed by atoms with Crippen LogP contribution in [-0.2, 0) is 17.0 Å². The summed E-state index contributed by atoms with van der Waals surface area (Å²) in [5.74, 6) is 3.25. The summed E-state index contributed by atoms with van der Waals surface area (Å²) in [5.41, 5.74) is 0.909. The zero-order chi connectivity index (χ0) is 16.5. The lowest BCUT2D eigenvalue weighted by Gasteiger charge is -2.10. The number of thiophene rings is 1. The van der Waals surface area contributed by atoms with E-state index in [1.165, 1.54) is 4.88 Å². The fourth-order valence-electron chi connectivity index (χ4n) is 2.07. The highest BCUT2D eigenvalue weighted by molar-refractivity contribution is 7.98. The van der Waals surface area contributed by atoms with Crippen molar-refractivity contribution in [1.29, 1.82) is 0 Å². The fraction of sp³-hybridized carbons (Fsp3) is 0.353. The van der Waals surface area contributed by atoms with Crippen molar-refractivity contribution in [2.24, 2.45) is 0 Å². The van der Waals surface area contributed by atoms with E-state index in [4.69, 9.17) is 9.47 Å². The maximum Gasteiger partial charge on any atom is 0.224 e. The second kappa shape index (κ2) is 9.47. The maximum absolute atomic E-state index is 12.0. The summed E-state index contributed by atoms with van der Waals surface area (Å²) in [7, 11) is 3.19. The van der Waals surface area contributed by atoms with E-state index in [-0.39, 0.29) is 5.91 Å². The van der Waals surface area contributed by atoms with Gasteiger partial charge in [0.25, 0.3) is 0 Å². The van der Waals surface area contributed by atoms with E-state index < -0.39 is 0 Å². The Labute approximate surface area is 145 Å². The molecule has 23 heavy (non-hydrogen) atoms. The number of benzene rings is 1. The van der Waals surface area contributed by atoms with Crippen LogP contribution in [0.2, 0.25) is 0 Å². The molecule has 1 heterocycles. The van der Waals surface area contributed by atoms with E-state index in [2.05, 4.69) is 22.8 Å². The first-order valence-corrected chi connectivity index (χ1v) is 9.34. The lowest BCUT2D eigenvalue weighted by atomic mass is 10.1. The van der Waals surface area contributed by atoms with Crippen molar-refractivity contribution in [1.82, 2.24) is 5.32 Å². The molecule has 1 aromatic carbocycles.